The molecule has 0 amide bonds. The fraction of sp³-hybridized carbons (Fsp3) is 0.400. The summed E-state index contributed by atoms with van der Waals surface area (Å²) >= 11 is 4.97. The average molecular weight is 339 g/mol. The molecule has 0 saturated carbocycles. The molecule has 94 valence electrons. The first kappa shape index (κ1) is 14.6. The van der Waals surface area contributed by atoms with E-state index in [-0.39, 0.29) is 24.4 Å². The van der Waals surface area contributed by atoms with Gasteiger partial charge in [-0.2, -0.15) is 4.98 Å². The van der Waals surface area contributed by atoms with Gasteiger partial charge >= 0.3 is 0 Å². The van der Waals surface area contributed by atoms with Crippen LogP contribution >= 0.6 is 39.7 Å². The molecule has 2 atom stereocenters. The summed E-state index contributed by atoms with van der Waals surface area (Å²) in [5, 5.41) is 5.94. The summed E-state index contributed by atoms with van der Waals surface area (Å²) in [6, 6.07) is 1.97. The monoisotopic (exact) mass is 337 g/mol. The summed E-state index contributed by atoms with van der Waals surface area (Å²) in [7, 11) is 0. The zero-order valence-electron chi connectivity index (χ0n) is 9.38. The Kier molecular flexibility index (Phi) is 5.12. The van der Waals surface area contributed by atoms with E-state index >= 15 is 0 Å². The Morgan fingerprint density at radius 1 is 1.47 bits per heavy atom. The van der Waals surface area contributed by atoms with Gasteiger partial charge in [0.1, 0.15) is 0 Å². The number of hydrogen-bond donors (Lipinski definition) is 1. The zero-order valence-corrected chi connectivity index (χ0v) is 12.6. The number of hydrogen-bond acceptors (Lipinski definition) is 5. The summed E-state index contributed by atoms with van der Waals surface area (Å²) in [5.41, 5.74) is 5.79. The number of nitrogens with zero attached hydrogens (tertiary/aromatic N) is 2. The third kappa shape index (κ3) is 3.28. The maximum Gasteiger partial charge on any atom is 0.231 e. The number of rotatable bonds is 3. The minimum atomic E-state index is 0. The summed E-state index contributed by atoms with van der Waals surface area (Å²) in [6.07, 6.45) is 0. The lowest BCUT2D eigenvalue weighted by Crippen LogP contribution is -2.22. The van der Waals surface area contributed by atoms with E-state index in [0.29, 0.717) is 11.7 Å². The first-order valence-corrected chi connectivity index (χ1v) is 6.59. The molecule has 0 aromatic carbocycles. The van der Waals surface area contributed by atoms with Gasteiger partial charge in [-0.1, -0.05) is 12.1 Å². The Morgan fingerprint density at radius 2 is 2.18 bits per heavy atom. The van der Waals surface area contributed by atoms with Crippen LogP contribution in [0.3, 0.4) is 0 Å². The molecule has 4 nitrogen and oxygen atoms in total. The van der Waals surface area contributed by atoms with Gasteiger partial charge in [0, 0.05) is 15.9 Å². The van der Waals surface area contributed by atoms with Gasteiger partial charge in [0.05, 0.1) is 10.8 Å². The first-order chi connectivity index (χ1) is 7.58. The SMILES string of the molecule is CC(N)C(C)c1nc(-c2cc(Br)cs2)no1.Cl. The Labute approximate surface area is 118 Å². The Hall–Kier alpha value is -0.430. The molecule has 0 bridgehead atoms. The van der Waals surface area contributed by atoms with Crippen molar-refractivity contribution >= 4 is 39.7 Å². The van der Waals surface area contributed by atoms with Crippen LogP contribution in [0.5, 0.6) is 0 Å². The molecule has 0 saturated heterocycles. The van der Waals surface area contributed by atoms with Crippen LogP contribution in [0.25, 0.3) is 10.7 Å². The van der Waals surface area contributed by atoms with E-state index in [1.54, 1.807) is 11.3 Å². The van der Waals surface area contributed by atoms with Gasteiger partial charge in [-0.05, 0) is 28.9 Å². The van der Waals surface area contributed by atoms with E-state index in [2.05, 4.69) is 26.1 Å². The minimum absolute atomic E-state index is 0. The van der Waals surface area contributed by atoms with Crippen molar-refractivity contribution in [2.24, 2.45) is 5.73 Å². The average Bonchev–Trinajstić information content (AvgIpc) is 2.84. The van der Waals surface area contributed by atoms with Crippen molar-refractivity contribution in [3.05, 3.63) is 21.8 Å². The lowest BCUT2D eigenvalue weighted by Gasteiger charge is -2.09. The van der Waals surface area contributed by atoms with Crippen LogP contribution in [-0.4, -0.2) is 16.2 Å². The van der Waals surface area contributed by atoms with Crippen LogP contribution in [0.1, 0.15) is 25.7 Å². The van der Waals surface area contributed by atoms with E-state index in [1.807, 2.05) is 25.3 Å². The lowest BCUT2D eigenvalue weighted by atomic mass is 10.1. The third-order valence-corrected chi connectivity index (χ3v) is 4.09. The van der Waals surface area contributed by atoms with Crippen molar-refractivity contribution in [3.8, 4) is 10.7 Å². The predicted molar refractivity (Wildman–Crippen MR) is 74.6 cm³/mol. The Morgan fingerprint density at radius 3 is 2.71 bits per heavy atom. The van der Waals surface area contributed by atoms with Crippen molar-refractivity contribution in [1.82, 2.24) is 10.1 Å². The molecule has 2 rings (SSSR count). The molecule has 0 spiro atoms. The van der Waals surface area contributed by atoms with Crippen LogP contribution in [0.2, 0.25) is 0 Å². The first-order valence-electron chi connectivity index (χ1n) is 4.91. The molecule has 2 aromatic rings. The Bertz CT molecular complexity index is 485. The molecule has 0 aliphatic heterocycles. The van der Waals surface area contributed by atoms with E-state index < -0.39 is 0 Å². The molecular weight excluding hydrogens is 326 g/mol. The molecule has 7 heteroatoms. The van der Waals surface area contributed by atoms with E-state index in [0.717, 1.165) is 9.35 Å². The van der Waals surface area contributed by atoms with Crippen molar-refractivity contribution < 1.29 is 4.52 Å². The van der Waals surface area contributed by atoms with E-state index in [9.17, 15) is 0 Å². The molecule has 2 heterocycles. The number of nitrogens with two attached hydrogens (primary N) is 1. The highest BCUT2D eigenvalue weighted by Crippen LogP contribution is 2.28. The maximum absolute atomic E-state index is 5.79. The molecule has 17 heavy (non-hydrogen) atoms. The van der Waals surface area contributed by atoms with Crippen molar-refractivity contribution in [1.29, 1.82) is 0 Å². The van der Waals surface area contributed by atoms with Gasteiger partial charge < -0.3 is 10.3 Å². The predicted octanol–water partition coefficient (Wildman–Crippen LogP) is 3.43. The summed E-state index contributed by atoms with van der Waals surface area (Å²) in [5.74, 6) is 1.29. The van der Waals surface area contributed by atoms with Crippen molar-refractivity contribution in [2.45, 2.75) is 25.8 Å². The highest BCUT2D eigenvalue weighted by atomic mass is 79.9. The molecule has 2 aromatic heterocycles. The fourth-order valence-electron chi connectivity index (χ4n) is 1.18. The zero-order chi connectivity index (χ0) is 11.7. The summed E-state index contributed by atoms with van der Waals surface area (Å²) in [4.78, 5) is 5.33. The van der Waals surface area contributed by atoms with Crippen molar-refractivity contribution in [2.75, 3.05) is 0 Å². The van der Waals surface area contributed by atoms with Crippen LogP contribution < -0.4 is 5.73 Å². The van der Waals surface area contributed by atoms with Crippen LogP contribution in [-0.2, 0) is 0 Å². The maximum atomic E-state index is 5.79. The Balaban J connectivity index is 0.00000144. The number of thiophene rings is 1. The normalized spacial score (nSPS) is 14.1. The molecule has 0 aliphatic carbocycles. The van der Waals surface area contributed by atoms with E-state index in [4.69, 9.17) is 10.3 Å². The molecule has 2 N–H and O–H groups in total. The fourth-order valence-corrected chi connectivity index (χ4v) is 2.53. The third-order valence-electron chi connectivity index (χ3n) is 2.41. The largest absolute Gasteiger partial charge is 0.339 e. The standard InChI is InChI=1S/C10H12BrN3OS.ClH/c1-5(6(2)12)10-13-9(14-15-10)8-3-7(11)4-16-8;/h3-6H,12H2,1-2H3;1H. The second kappa shape index (κ2) is 5.95. The van der Waals surface area contributed by atoms with Crippen molar-refractivity contribution in [3.63, 3.8) is 0 Å². The van der Waals surface area contributed by atoms with Gasteiger partial charge in [0.15, 0.2) is 0 Å². The minimum Gasteiger partial charge on any atom is -0.339 e. The van der Waals surface area contributed by atoms with Crippen LogP contribution in [0.4, 0.5) is 0 Å². The topological polar surface area (TPSA) is 64.9 Å². The smallest absolute Gasteiger partial charge is 0.231 e. The highest BCUT2D eigenvalue weighted by molar-refractivity contribution is 9.10. The summed E-state index contributed by atoms with van der Waals surface area (Å²) < 4.78 is 6.23. The van der Waals surface area contributed by atoms with E-state index in [1.165, 1.54) is 0 Å². The molecule has 2 unspecified atom stereocenters. The second-order valence-electron chi connectivity index (χ2n) is 3.73. The van der Waals surface area contributed by atoms with Crippen LogP contribution in [0, 0.1) is 0 Å². The van der Waals surface area contributed by atoms with Gasteiger partial charge in [-0.15, -0.1) is 23.7 Å². The van der Waals surface area contributed by atoms with Gasteiger partial charge in [-0.25, -0.2) is 0 Å². The van der Waals surface area contributed by atoms with Gasteiger partial charge in [-0.3, -0.25) is 0 Å². The molecule has 0 radical (unpaired) electrons. The number of aromatic nitrogens is 2. The highest BCUT2D eigenvalue weighted by Gasteiger charge is 2.18. The molecule has 0 fully saturated rings. The quantitative estimate of drug-likeness (QED) is 0.931. The molecule has 0 aliphatic rings. The molecular formula is C10H13BrClN3OS. The second-order valence-corrected chi connectivity index (χ2v) is 5.56. The lowest BCUT2D eigenvalue weighted by molar-refractivity contribution is 0.347. The van der Waals surface area contributed by atoms with Gasteiger partial charge in [0.25, 0.3) is 0 Å². The van der Waals surface area contributed by atoms with Gasteiger partial charge in [0.2, 0.25) is 11.7 Å². The summed E-state index contributed by atoms with van der Waals surface area (Å²) in [6.45, 7) is 3.91. The number of halogens is 2. The van der Waals surface area contributed by atoms with Crippen LogP contribution in [0.15, 0.2) is 20.4 Å².